The number of sulfonamides is 1. The van der Waals surface area contributed by atoms with E-state index in [4.69, 9.17) is 0 Å². The average molecular weight is 294 g/mol. The summed E-state index contributed by atoms with van der Waals surface area (Å²) >= 11 is 0. The molecular formula is C14H18N2O3S. The molecule has 0 atom stereocenters. The molecule has 20 heavy (non-hydrogen) atoms. The first kappa shape index (κ1) is 14.7. The van der Waals surface area contributed by atoms with Crippen LogP contribution in [0.1, 0.15) is 18.4 Å². The Morgan fingerprint density at radius 2 is 1.80 bits per heavy atom. The lowest BCUT2D eigenvalue weighted by Crippen LogP contribution is -2.25. The van der Waals surface area contributed by atoms with Gasteiger partial charge in [0, 0.05) is 19.2 Å². The molecule has 0 saturated carbocycles. The third-order valence-electron chi connectivity index (χ3n) is 3.30. The van der Waals surface area contributed by atoms with Crippen LogP contribution in [-0.4, -0.2) is 39.4 Å². The number of carbonyl (C=O) groups excluding carboxylic acids is 1. The molecule has 1 heterocycles. The number of benzene rings is 1. The Bertz CT molecular complexity index is 600. The minimum atomic E-state index is -3.41. The zero-order valence-corrected chi connectivity index (χ0v) is 12.2. The molecule has 6 heteroatoms. The van der Waals surface area contributed by atoms with E-state index >= 15 is 0 Å². The number of carbonyl (C=O) groups is 1. The highest BCUT2D eigenvalue weighted by Gasteiger charge is 2.15. The van der Waals surface area contributed by atoms with Crippen molar-refractivity contribution in [2.24, 2.45) is 0 Å². The second-order valence-corrected chi connectivity index (χ2v) is 6.53. The molecule has 0 aromatic heterocycles. The van der Waals surface area contributed by atoms with Crippen molar-refractivity contribution in [3.63, 3.8) is 0 Å². The SMILES string of the molecule is CNS(=O)(=O)c1ccc(/C=C/C(=O)N2CCCC2)cc1. The fourth-order valence-corrected chi connectivity index (χ4v) is 2.82. The fourth-order valence-electron chi connectivity index (χ4n) is 2.09. The molecule has 1 aromatic rings. The van der Waals surface area contributed by atoms with Gasteiger partial charge in [-0.05, 0) is 43.7 Å². The standard InChI is InChI=1S/C14H18N2O3S/c1-15-20(18,19)13-7-4-12(5-8-13)6-9-14(17)16-10-2-3-11-16/h4-9,15H,2-3,10-11H2,1H3/b9-6+. The second kappa shape index (κ2) is 6.19. The van der Waals surface area contributed by atoms with Crippen LogP contribution in [0.3, 0.4) is 0 Å². The van der Waals surface area contributed by atoms with Crippen molar-refractivity contribution < 1.29 is 13.2 Å². The molecule has 0 aliphatic carbocycles. The summed E-state index contributed by atoms with van der Waals surface area (Å²) in [5.41, 5.74) is 0.799. The van der Waals surface area contributed by atoms with Crippen molar-refractivity contribution in [1.29, 1.82) is 0 Å². The highest BCUT2D eigenvalue weighted by Crippen LogP contribution is 2.12. The predicted molar refractivity (Wildman–Crippen MR) is 77.5 cm³/mol. The maximum atomic E-state index is 11.8. The van der Waals surface area contributed by atoms with Gasteiger partial charge in [0.2, 0.25) is 15.9 Å². The summed E-state index contributed by atoms with van der Waals surface area (Å²) in [6.07, 6.45) is 5.37. The molecule has 0 unspecified atom stereocenters. The Kier molecular flexibility index (Phi) is 4.57. The van der Waals surface area contributed by atoms with Gasteiger partial charge >= 0.3 is 0 Å². The first-order chi connectivity index (χ1) is 9.53. The number of amides is 1. The van der Waals surface area contributed by atoms with Gasteiger partial charge in [-0.15, -0.1) is 0 Å². The van der Waals surface area contributed by atoms with Gasteiger partial charge in [-0.2, -0.15) is 0 Å². The molecule has 1 fully saturated rings. The van der Waals surface area contributed by atoms with Gasteiger partial charge in [0.1, 0.15) is 0 Å². The van der Waals surface area contributed by atoms with Crippen LogP contribution in [0.4, 0.5) is 0 Å². The van der Waals surface area contributed by atoms with Crippen LogP contribution in [0.15, 0.2) is 35.2 Å². The fraction of sp³-hybridized carbons (Fsp3) is 0.357. The molecule has 1 amide bonds. The van der Waals surface area contributed by atoms with Crippen LogP contribution in [0, 0.1) is 0 Å². The summed E-state index contributed by atoms with van der Waals surface area (Å²) in [4.78, 5) is 13.9. The molecule has 1 aromatic carbocycles. The van der Waals surface area contributed by atoms with Crippen LogP contribution in [-0.2, 0) is 14.8 Å². The molecule has 0 bridgehead atoms. The first-order valence-electron chi connectivity index (χ1n) is 6.53. The third-order valence-corrected chi connectivity index (χ3v) is 4.73. The number of nitrogens with one attached hydrogen (secondary N) is 1. The lowest BCUT2D eigenvalue weighted by Gasteiger charge is -2.11. The minimum Gasteiger partial charge on any atom is -0.339 e. The topological polar surface area (TPSA) is 66.5 Å². The molecule has 108 valence electrons. The molecule has 1 N–H and O–H groups in total. The summed E-state index contributed by atoms with van der Waals surface area (Å²) in [5, 5.41) is 0. The third kappa shape index (κ3) is 3.46. The van der Waals surface area contributed by atoms with Gasteiger partial charge in [-0.25, -0.2) is 13.1 Å². The van der Waals surface area contributed by atoms with Gasteiger partial charge in [0.25, 0.3) is 0 Å². The largest absolute Gasteiger partial charge is 0.339 e. The number of hydrogen-bond donors (Lipinski definition) is 1. The highest BCUT2D eigenvalue weighted by atomic mass is 32.2. The van der Waals surface area contributed by atoms with E-state index in [0.717, 1.165) is 31.5 Å². The lowest BCUT2D eigenvalue weighted by molar-refractivity contribution is -0.124. The van der Waals surface area contributed by atoms with Gasteiger partial charge in [-0.1, -0.05) is 12.1 Å². The minimum absolute atomic E-state index is 0.00872. The Labute approximate surface area is 119 Å². The average Bonchev–Trinajstić information content (AvgIpc) is 2.99. The summed E-state index contributed by atoms with van der Waals surface area (Å²) in [6.45, 7) is 1.64. The summed E-state index contributed by atoms with van der Waals surface area (Å²) < 4.78 is 25.4. The van der Waals surface area contributed by atoms with E-state index in [-0.39, 0.29) is 10.8 Å². The smallest absolute Gasteiger partial charge is 0.246 e. The molecular weight excluding hydrogens is 276 g/mol. The van der Waals surface area contributed by atoms with Crippen molar-refractivity contribution >= 4 is 22.0 Å². The molecule has 5 nitrogen and oxygen atoms in total. The van der Waals surface area contributed by atoms with E-state index < -0.39 is 10.0 Å². The first-order valence-corrected chi connectivity index (χ1v) is 8.02. The summed E-state index contributed by atoms with van der Waals surface area (Å²) in [7, 11) is -2.04. The van der Waals surface area contributed by atoms with E-state index in [1.165, 1.54) is 25.3 Å². The van der Waals surface area contributed by atoms with E-state index in [0.29, 0.717) is 0 Å². The molecule has 1 aliphatic heterocycles. The second-order valence-electron chi connectivity index (χ2n) is 4.64. The maximum Gasteiger partial charge on any atom is 0.246 e. The van der Waals surface area contributed by atoms with Crippen LogP contribution in [0.5, 0.6) is 0 Å². The predicted octanol–water partition coefficient (Wildman–Crippen LogP) is 1.23. The molecule has 0 radical (unpaired) electrons. The number of rotatable bonds is 4. The van der Waals surface area contributed by atoms with Crippen molar-refractivity contribution in [3.05, 3.63) is 35.9 Å². The Balaban J connectivity index is 2.05. The molecule has 1 saturated heterocycles. The highest BCUT2D eigenvalue weighted by molar-refractivity contribution is 7.89. The monoisotopic (exact) mass is 294 g/mol. The van der Waals surface area contributed by atoms with Crippen molar-refractivity contribution in [1.82, 2.24) is 9.62 Å². The number of hydrogen-bond acceptors (Lipinski definition) is 3. The van der Waals surface area contributed by atoms with Crippen LogP contribution >= 0.6 is 0 Å². The Hall–Kier alpha value is -1.66. The normalized spacial score (nSPS) is 15.9. The number of nitrogens with zero attached hydrogens (tertiary/aromatic N) is 1. The van der Waals surface area contributed by atoms with Crippen LogP contribution in [0.25, 0.3) is 6.08 Å². The van der Waals surface area contributed by atoms with E-state index in [9.17, 15) is 13.2 Å². The van der Waals surface area contributed by atoms with Crippen molar-refractivity contribution in [3.8, 4) is 0 Å². The van der Waals surface area contributed by atoms with E-state index in [2.05, 4.69) is 4.72 Å². The van der Waals surface area contributed by atoms with Gasteiger partial charge in [0.15, 0.2) is 0 Å². The zero-order chi connectivity index (χ0) is 14.6. The van der Waals surface area contributed by atoms with E-state index in [1.54, 1.807) is 18.2 Å². The Morgan fingerprint density at radius 1 is 1.20 bits per heavy atom. The molecule has 0 spiro atoms. The summed E-state index contributed by atoms with van der Waals surface area (Å²) in [6, 6.07) is 6.40. The zero-order valence-electron chi connectivity index (χ0n) is 11.4. The van der Waals surface area contributed by atoms with Crippen LogP contribution in [0.2, 0.25) is 0 Å². The lowest BCUT2D eigenvalue weighted by atomic mass is 10.2. The molecule has 1 aliphatic rings. The number of likely N-dealkylation sites (tertiary alicyclic amines) is 1. The van der Waals surface area contributed by atoms with Gasteiger partial charge in [-0.3, -0.25) is 4.79 Å². The van der Waals surface area contributed by atoms with Gasteiger partial charge < -0.3 is 4.90 Å². The quantitative estimate of drug-likeness (QED) is 0.849. The molecule has 2 rings (SSSR count). The van der Waals surface area contributed by atoms with Crippen LogP contribution < -0.4 is 4.72 Å². The Morgan fingerprint density at radius 3 is 2.35 bits per heavy atom. The van der Waals surface area contributed by atoms with Crippen molar-refractivity contribution in [2.45, 2.75) is 17.7 Å². The maximum absolute atomic E-state index is 11.8. The van der Waals surface area contributed by atoms with Gasteiger partial charge in [0.05, 0.1) is 4.90 Å². The summed E-state index contributed by atoms with van der Waals surface area (Å²) in [5.74, 6) is 0.00872. The van der Waals surface area contributed by atoms with Crippen molar-refractivity contribution in [2.75, 3.05) is 20.1 Å². The van der Waals surface area contributed by atoms with E-state index in [1.807, 2.05) is 4.90 Å².